The quantitative estimate of drug-likeness (QED) is 0.695. The van der Waals surface area contributed by atoms with Gasteiger partial charge in [-0.1, -0.05) is 32.9 Å². The van der Waals surface area contributed by atoms with Gasteiger partial charge < -0.3 is 0 Å². The van der Waals surface area contributed by atoms with E-state index < -0.39 is 5.76 Å². The Morgan fingerprint density at radius 1 is 1.50 bits per heavy atom. The van der Waals surface area contributed by atoms with Crippen LogP contribution in [0.1, 0.15) is 39.4 Å². The molecule has 1 unspecified atom stereocenters. The second-order valence-corrected chi connectivity index (χ2v) is 4.07. The SMILES string of the molecule is CC(c1noc(=O)[nH]1)C(C)(C)C. The molecule has 4 nitrogen and oxygen atoms in total. The minimum atomic E-state index is -0.485. The number of aromatic amines is 1. The summed E-state index contributed by atoms with van der Waals surface area (Å²) in [5.41, 5.74) is 0.0831. The van der Waals surface area contributed by atoms with Crippen molar-refractivity contribution in [1.29, 1.82) is 0 Å². The molecule has 0 fully saturated rings. The van der Waals surface area contributed by atoms with Crippen LogP contribution >= 0.6 is 0 Å². The van der Waals surface area contributed by atoms with Gasteiger partial charge in [-0.05, 0) is 5.41 Å². The first kappa shape index (κ1) is 9.03. The Bertz CT molecular complexity index is 305. The summed E-state index contributed by atoms with van der Waals surface area (Å²) in [7, 11) is 0. The van der Waals surface area contributed by atoms with Gasteiger partial charge in [0, 0.05) is 5.92 Å². The Balaban J connectivity index is 2.92. The highest BCUT2D eigenvalue weighted by atomic mass is 16.5. The van der Waals surface area contributed by atoms with Gasteiger partial charge in [0.15, 0.2) is 5.82 Å². The lowest BCUT2D eigenvalue weighted by atomic mass is 9.82. The zero-order valence-electron chi connectivity index (χ0n) is 7.84. The van der Waals surface area contributed by atoms with Gasteiger partial charge in [-0.25, -0.2) is 4.79 Å². The largest absolute Gasteiger partial charge is 0.438 e. The fourth-order valence-corrected chi connectivity index (χ4v) is 0.838. The number of nitrogens with one attached hydrogen (secondary N) is 1. The zero-order valence-corrected chi connectivity index (χ0v) is 7.84. The van der Waals surface area contributed by atoms with Gasteiger partial charge in [-0.2, -0.15) is 0 Å². The van der Waals surface area contributed by atoms with Crippen LogP contribution in [-0.4, -0.2) is 10.1 Å². The number of hydrogen-bond donors (Lipinski definition) is 1. The molecule has 0 spiro atoms. The van der Waals surface area contributed by atoms with Crippen molar-refractivity contribution in [3.05, 3.63) is 16.4 Å². The molecule has 0 aliphatic rings. The van der Waals surface area contributed by atoms with E-state index in [-0.39, 0.29) is 11.3 Å². The molecular formula is C8H14N2O2. The van der Waals surface area contributed by atoms with Crippen LogP contribution in [-0.2, 0) is 0 Å². The predicted octanol–water partition coefficient (Wildman–Crippen LogP) is 1.51. The Hall–Kier alpha value is -1.06. The first-order valence-corrected chi connectivity index (χ1v) is 3.97. The third-order valence-corrected chi connectivity index (χ3v) is 2.17. The van der Waals surface area contributed by atoms with E-state index in [1.807, 2.05) is 6.92 Å². The second-order valence-electron chi connectivity index (χ2n) is 4.07. The Morgan fingerprint density at radius 3 is 2.42 bits per heavy atom. The van der Waals surface area contributed by atoms with Crippen LogP contribution < -0.4 is 5.76 Å². The predicted molar refractivity (Wildman–Crippen MR) is 45.0 cm³/mol. The van der Waals surface area contributed by atoms with Gasteiger partial charge in [0.1, 0.15) is 0 Å². The summed E-state index contributed by atoms with van der Waals surface area (Å²) in [4.78, 5) is 13.2. The summed E-state index contributed by atoms with van der Waals surface area (Å²) in [5.74, 6) is 0.317. The van der Waals surface area contributed by atoms with Gasteiger partial charge >= 0.3 is 5.76 Å². The summed E-state index contributed by atoms with van der Waals surface area (Å²) in [6, 6.07) is 0. The Labute approximate surface area is 71.0 Å². The highest BCUT2D eigenvalue weighted by molar-refractivity contribution is 4.95. The van der Waals surface area contributed by atoms with Gasteiger partial charge in [0.05, 0.1) is 0 Å². The molecule has 1 heterocycles. The molecule has 0 aromatic carbocycles. The highest BCUT2D eigenvalue weighted by Gasteiger charge is 2.24. The highest BCUT2D eigenvalue weighted by Crippen LogP contribution is 2.31. The number of nitrogens with zero attached hydrogens (tertiary/aromatic N) is 1. The second kappa shape index (κ2) is 2.77. The topological polar surface area (TPSA) is 58.9 Å². The van der Waals surface area contributed by atoms with Gasteiger partial charge in [0.25, 0.3) is 0 Å². The van der Waals surface area contributed by atoms with Crippen LogP contribution in [0.3, 0.4) is 0 Å². The summed E-state index contributed by atoms with van der Waals surface area (Å²) in [5, 5.41) is 3.64. The lowest BCUT2D eigenvalue weighted by molar-refractivity contribution is 0.311. The van der Waals surface area contributed by atoms with Crippen LogP contribution in [0.5, 0.6) is 0 Å². The molecule has 0 saturated carbocycles. The Kier molecular flexibility index (Phi) is 2.08. The van der Waals surface area contributed by atoms with E-state index in [9.17, 15) is 4.79 Å². The molecule has 4 heteroatoms. The molecule has 0 bridgehead atoms. The third-order valence-electron chi connectivity index (χ3n) is 2.17. The van der Waals surface area contributed by atoms with Crippen molar-refractivity contribution in [2.24, 2.45) is 5.41 Å². The van der Waals surface area contributed by atoms with Crippen LogP contribution in [0.15, 0.2) is 9.32 Å². The minimum absolute atomic E-state index is 0.0831. The number of H-pyrrole nitrogens is 1. The summed E-state index contributed by atoms with van der Waals surface area (Å²) in [6.07, 6.45) is 0. The summed E-state index contributed by atoms with van der Waals surface area (Å²) in [6.45, 7) is 8.27. The minimum Gasteiger partial charge on any atom is -0.296 e. The molecule has 12 heavy (non-hydrogen) atoms. The maximum atomic E-state index is 10.6. The molecule has 0 saturated heterocycles. The van der Waals surface area contributed by atoms with Crippen molar-refractivity contribution < 1.29 is 4.52 Å². The molecule has 1 N–H and O–H groups in total. The molecule has 1 atom stereocenters. The van der Waals surface area contributed by atoms with Crippen molar-refractivity contribution in [2.75, 3.05) is 0 Å². The van der Waals surface area contributed by atoms with E-state index in [4.69, 9.17) is 0 Å². The fraction of sp³-hybridized carbons (Fsp3) is 0.750. The van der Waals surface area contributed by atoms with E-state index in [1.54, 1.807) is 0 Å². The van der Waals surface area contributed by atoms with Gasteiger partial charge in [-0.3, -0.25) is 9.51 Å². The summed E-state index contributed by atoms with van der Waals surface area (Å²) < 4.78 is 4.42. The average molecular weight is 170 g/mol. The van der Waals surface area contributed by atoms with Gasteiger partial charge in [-0.15, -0.1) is 0 Å². The lowest BCUT2D eigenvalue weighted by Crippen LogP contribution is -2.17. The normalized spacial score (nSPS) is 14.7. The van der Waals surface area contributed by atoms with Crippen LogP contribution in [0.2, 0.25) is 0 Å². The monoisotopic (exact) mass is 170 g/mol. The van der Waals surface area contributed by atoms with Crippen molar-refractivity contribution in [3.63, 3.8) is 0 Å². The van der Waals surface area contributed by atoms with E-state index in [0.717, 1.165) is 0 Å². The summed E-state index contributed by atoms with van der Waals surface area (Å²) >= 11 is 0. The molecule has 1 rings (SSSR count). The molecule has 0 aliphatic heterocycles. The van der Waals surface area contributed by atoms with Crippen LogP contribution in [0, 0.1) is 5.41 Å². The zero-order chi connectivity index (χ0) is 9.35. The third kappa shape index (κ3) is 1.75. The maximum Gasteiger partial charge on any atom is 0.438 e. The lowest BCUT2D eigenvalue weighted by Gasteiger charge is -2.24. The molecule has 1 aromatic rings. The average Bonchev–Trinajstić information content (AvgIpc) is 2.32. The smallest absolute Gasteiger partial charge is 0.296 e. The van der Waals surface area contributed by atoms with E-state index >= 15 is 0 Å². The first-order chi connectivity index (χ1) is 5.41. The molecule has 68 valence electrons. The number of hydrogen-bond acceptors (Lipinski definition) is 3. The van der Waals surface area contributed by atoms with Crippen molar-refractivity contribution in [2.45, 2.75) is 33.6 Å². The van der Waals surface area contributed by atoms with Gasteiger partial charge in [0.2, 0.25) is 0 Å². The number of aromatic nitrogens is 2. The van der Waals surface area contributed by atoms with Crippen molar-refractivity contribution in [1.82, 2.24) is 10.1 Å². The fourth-order valence-electron chi connectivity index (χ4n) is 0.838. The Morgan fingerprint density at radius 2 is 2.08 bits per heavy atom. The van der Waals surface area contributed by atoms with Crippen LogP contribution in [0.25, 0.3) is 0 Å². The van der Waals surface area contributed by atoms with Crippen molar-refractivity contribution in [3.8, 4) is 0 Å². The van der Waals surface area contributed by atoms with E-state index in [2.05, 4.69) is 35.4 Å². The van der Waals surface area contributed by atoms with Crippen LogP contribution in [0.4, 0.5) is 0 Å². The standard InChI is InChI=1S/C8H14N2O2/c1-5(8(2,3)4)6-9-7(11)12-10-6/h5H,1-4H3,(H,9,10,11). The molecule has 0 radical (unpaired) electrons. The molecule has 0 aliphatic carbocycles. The van der Waals surface area contributed by atoms with E-state index in [1.165, 1.54) is 0 Å². The van der Waals surface area contributed by atoms with Crippen molar-refractivity contribution >= 4 is 0 Å². The molecule has 0 amide bonds. The molecule has 1 aromatic heterocycles. The van der Waals surface area contributed by atoms with E-state index in [0.29, 0.717) is 5.82 Å². The number of rotatable bonds is 1. The molecular weight excluding hydrogens is 156 g/mol. The first-order valence-electron chi connectivity index (χ1n) is 3.97. The maximum absolute atomic E-state index is 10.6.